The first-order chi connectivity index (χ1) is 12.0. The Morgan fingerprint density at radius 2 is 2.00 bits per heavy atom. The number of rotatable bonds is 8. The Balaban J connectivity index is 1.81. The van der Waals surface area contributed by atoms with Gasteiger partial charge in [0.15, 0.2) is 0 Å². The number of hydrogen-bond donors (Lipinski definition) is 1. The molecule has 2 aromatic rings. The summed E-state index contributed by atoms with van der Waals surface area (Å²) in [5.41, 5.74) is 3.36. The minimum Gasteiger partial charge on any atom is -0.497 e. The molecule has 2 rings (SSSR count). The summed E-state index contributed by atoms with van der Waals surface area (Å²) in [5, 5.41) is 20.0. The predicted octanol–water partition coefficient (Wildman–Crippen LogP) is 3.25. The largest absolute Gasteiger partial charge is 0.497 e. The molecule has 0 aliphatic rings. The van der Waals surface area contributed by atoms with Crippen molar-refractivity contribution in [2.24, 2.45) is 0 Å². The lowest BCUT2D eigenvalue weighted by Gasteiger charge is -2.12. The van der Waals surface area contributed by atoms with Crippen LogP contribution in [0, 0.1) is 25.2 Å². The summed E-state index contributed by atoms with van der Waals surface area (Å²) < 4.78 is 10.7. The second-order valence-corrected chi connectivity index (χ2v) is 6.71. The number of aliphatic hydroxyl groups excluding tert-OH is 1. The van der Waals surface area contributed by atoms with Crippen molar-refractivity contribution in [2.45, 2.75) is 31.6 Å². The van der Waals surface area contributed by atoms with Crippen LogP contribution in [0.15, 0.2) is 35.4 Å². The second-order valence-electron chi connectivity index (χ2n) is 5.70. The molecule has 25 heavy (non-hydrogen) atoms. The lowest BCUT2D eigenvalue weighted by atomic mass is 10.1. The molecule has 0 amide bonds. The quantitative estimate of drug-likeness (QED) is 0.730. The molecular weight excluding hydrogens is 336 g/mol. The van der Waals surface area contributed by atoms with E-state index in [1.54, 1.807) is 7.11 Å². The molecule has 0 saturated heterocycles. The van der Waals surface area contributed by atoms with Crippen molar-refractivity contribution in [3.63, 3.8) is 0 Å². The van der Waals surface area contributed by atoms with Crippen LogP contribution in [0.1, 0.15) is 22.4 Å². The predicted molar refractivity (Wildman–Crippen MR) is 97.8 cm³/mol. The summed E-state index contributed by atoms with van der Waals surface area (Å²) in [7, 11) is 1.63. The van der Waals surface area contributed by atoms with Crippen molar-refractivity contribution in [1.82, 2.24) is 4.98 Å². The fraction of sp³-hybridized carbons (Fsp3) is 0.368. The maximum atomic E-state index is 10.1. The third-order valence-electron chi connectivity index (χ3n) is 3.57. The highest BCUT2D eigenvalue weighted by Crippen LogP contribution is 2.24. The molecule has 0 aliphatic carbocycles. The number of ether oxygens (including phenoxy) is 2. The van der Waals surface area contributed by atoms with E-state index in [-0.39, 0.29) is 6.61 Å². The minimum absolute atomic E-state index is 0.228. The zero-order valence-electron chi connectivity index (χ0n) is 14.7. The van der Waals surface area contributed by atoms with Gasteiger partial charge in [-0.2, -0.15) is 5.26 Å². The number of thioether (sulfide) groups is 1. The monoisotopic (exact) mass is 358 g/mol. The van der Waals surface area contributed by atoms with Crippen molar-refractivity contribution in [3.05, 3.63) is 52.7 Å². The van der Waals surface area contributed by atoms with E-state index in [0.29, 0.717) is 22.9 Å². The van der Waals surface area contributed by atoms with Gasteiger partial charge in [-0.3, -0.25) is 0 Å². The summed E-state index contributed by atoms with van der Waals surface area (Å²) in [6, 6.07) is 11.7. The van der Waals surface area contributed by atoms with Crippen molar-refractivity contribution in [3.8, 4) is 11.8 Å². The first kappa shape index (κ1) is 19.3. The number of pyridine rings is 1. The number of aromatic nitrogens is 1. The zero-order chi connectivity index (χ0) is 18.2. The van der Waals surface area contributed by atoms with Crippen molar-refractivity contribution in [2.75, 3.05) is 19.5 Å². The van der Waals surface area contributed by atoms with E-state index in [4.69, 9.17) is 9.47 Å². The topological polar surface area (TPSA) is 75.4 Å². The number of aryl methyl sites for hydroxylation is 2. The smallest absolute Gasteiger partial charge is 0.118 e. The number of nitrogens with zero attached hydrogens (tertiary/aromatic N) is 2. The molecule has 1 atom stereocenters. The van der Waals surface area contributed by atoms with Gasteiger partial charge in [0, 0.05) is 11.4 Å². The molecule has 1 unspecified atom stereocenters. The fourth-order valence-electron chi connectivity index (χ4n) is 2.30. The lowest BCUT2D eigenvalue weighted by molar-refractivity contribution is 0.0398. The number of methoxy groups -OCH3 is 1. The maximum Gasteiger partial charge on any atom is 0.118 e. The molecule has 0 spiro atoms. The average Bonchev–Trinajstić information content (AvgIpc) is 2.60. The minimum atomic E-state index is -0.627. The van der Waals surface area contributed by atoms with E-state index in [1.165, 1.54) is 11.8 Å². The molecule has 0 bridgehead atoms. The van der Waals surface area contributed by atoms with Gasteiger partial charge in [0.05, 0.1) is 32.0 Å². The van der Waals surface area contributed by atoms with E-state index in [0.717, 1.165) is 22.6 Å². The Labute approximate surface area is 152 Å². The molecule has 0 radical (unpaired) electrons. The highest BCUT2D eigenvalue weighted by molar-refractivity contribution is 7.99. The van der Waals surface area contributed by atoms with Crippen LogP contribution in [-0.2, 0) is 11.3 Å². The summed E-state index contributed by atoms with van der Waals surface area (Å²) in [6.07, 6.45) is -0.627. The highest BCUT2D eigenvalue weighted by atomic mass is 32.2. The number of aliphatic hydroxyl groups is 1. The van der Waals surface area contributed by atoms with Gasteiger partial charge >= 0.3 is 0 Å². The fourth-order valence-corrected chi connectivity index (χ4v) is 3.31. The average molecular weight is 358 g/mol. The summed E-state index contributed by atoms with van der Waals surface area (Å²) in [5.74, 6) is 1.22. The molecule has 0 fully saturated rings. The Hall–Kier alpha value is -2.07. The number of benzene rings is 1. The Morgan fingerprint density at radius 3 is 2.64 bits per heavy atom. The molecular formula is C19H22N2O3S. The van der Waals surface area contributed by atoms with Crippen LogP contribution in [0.2, 0.25) is 0 Å². The molecule has 1 aromatic carbocycles. The lowest BCUT2D eigenvalue weighted by Crippen LogP contribution is -2.18. The first-order valence-corrected chi connectivity index (χ1v) is 8.92. The van der Waals surface area contributed by atoms with Crippen LogP contribution in [0.5, 0.6) is 5.75 Å². The van der Waals surface area contributed by atoms with E-state index in [9.17, 15) is 10.4 Å². The van der Waals surface area contributed by atoms with Gasteiger partial charge < -0.3 is 14.6 Å². The Morgan fingerprint density at radius 1 is 1.28 bits per heavy atom. The van der Waals surface area contributed by atoms with Crippen LogP contribution in [0.4, 0.5) is 0 Å². The van der Waals surface area contributed by atoms with E-state index in [1.807, 2.05) is 44.2 Å². The molecule has 1 N–H and O–H groups in total. The normalized spacial score (nSPS) is 11.8. The van der Waals surface area contributed by atoms with Crippen LogP contribution < -0.4 is 4.74 Å². The van der Waals surface area contributed by atoms with Gasteiger partial charge in [-0.05, 0) is 43.2 Å². The molecule has 6 heteroatoms. The van der Waals surface area contributed by atoms with E-state index in [2.05, 4.69) is 11.1 Å². The molecule has 1 heterocycles. The second kappa shape index (κ2) is 9.42. The standard InChI is InChI=1S/C19H22N2O3S/c1-13-8-14(2)21-19(18(13)9-20)25-12-16(22)11-24-10-15-4-6-17(23-3)7-5-15/h4-8,16,22H,10-12H2,1-3H3. The van der Waals surface area contributed by atoms with Gasteiger partial charge in [-0.1, -0.05) is 12.1 Å². The molecule has 5 nitrogen and oxygen atoms in total. The van der Waals surface area contributed by atoms with E-state index >= 15 is 0 Å². The summed E-state index contributed by atoms with van der Waals surface area (Å²) in [4.78, 5) is 4.40. The van der Waals surface area contributed by atoms with Gasteiger partial charge in [-0.25, -0.2) is 4.98 Å². The SMILES string of the molecule is COc1ccc(COCC(O)CSc2nc(C)cc(C)c2C#N)cc1. The zero-order valence-corrected chi connectivity index (χ0v) is 15.5. The Kier molecular flexibility index (Phi) is 7.26. The summed E-state index contributed by atoms with van der Waals surface area (Å²) in [6.45, 7) is 4.45. The van der Waals surface area contributed by atoms with Crippen molar-refractivity contribution < 1.29 is 14.6 Å². The third kappa shape index (κ3) is 5.75. The van der Waals surface area contributed by atoms with Crippen molar-refractivity contribution in [1.29, 1.82) is 5.26 Å². The maximum absolute atomic E-state index is 10.1. The van der Waals surface area contributed by atoms with Crippen molar-refractivity contribution >= 4 is 11.8 Å². The Bertz CT molecular complexity index is 742. The van der Waals surface area contributed by atoms with Gasteiger partial charge in [0.2, 0.25) is 0 Å². The van der Waals surface area contributed by atoms with E-state index < -0.39 is 6.10 Å². The third-order valence-corrected chi connectivity index (χ3v) is 4.69. The van der Waals surface area contributed by atoms with Crippen LogP contribution in [-0.4, -0.2) is 35.7 Å². The van der Waals surface area contributed by atoms with Crippen LogP contribution in [0.25, 0.3) is 0 Å². The van der Waals surface area contributed by atoms with Gasteiger partial charge in [0.1, 0.15) is 16.8 Å². The summed E-state index contributed by atoms with van der Waals surface area (Å²) >= 11 is 1.38. The van der Waals surface area contributed by atoms with Crippen LogP contribution >= 0.6 is 11.8 Å². The number of nitriles is 1. The molecule has 0 saturated carbocycles. The van der Waals surface area contributed by atoms with Gasteiger partial charge in [-0.15, -0.1) is 11.8 Å². The highest BCUT2D eigenvalue weighted by Gasteiger charge is 2.12. The molecule has 132 valence electrons. The molecule has 0 aliphatic heterocycles. The van der Waals surface area contributed by atoms with Gasteiger partial charge in [0.25, 0.3) is 0 Å². The number of hydrogen-bond acceptors (Lipinski definition) is 6. The van der Waals surface area contributed by atoms with Crippen LogP contribution in [0.3, 0.4) is 0 Å². The molecule has 1 aromatic heterocycles. The first-order valence-electron chi connectivity index (χ1n) is 7.93.